The largest absolute Gasteiger partial charge is 0.493 e. The number of hydrogen-bond donors (Lipinski definition) is 1. The van der Waals surface area contributed by atoms with E-state index in [0.717, 1.165) is 24.3 Å². The summed E-state index contributed by atoms with van der Waals surface area (Å²) in [5.74, 6) is 2.37. The molecular weight excluding hydrogens is 262 g/mol. The molecule has 0 saturated heterocycles. The number of rotatable bonds is 6. The molecule has 1 aromatic rings. The number of benzene rings is 1. The van der Waals surface area contributed by atoms with Gasteiger partial charge in [-0.25, -0.2) is 0 Å². The molecule has 3 atom stereocenters. The second-order valence-corrected chi connectivity index (χ2v) is 6.28. The Kier molecular flexibility index (Phi) is 5.92. The molecule has 2 rings (SSSR count). The highest BCUT2D eigenvalue weighted by Crippen LogP contribution is 2.35. The van der Waals surface area contributed by atoms with Crippen LogP contribution in [0.5, 0.6) is 11.5 Å². The Morgan fingerprint density at radius 2 is 2.00 bits per heavy atom. The van der Waals surface area contributed by atoms with Crippen LogP contribution in [0.25, 0.3) is 0 Å². The predicted octanol–water partition coefficient (Wildman–Crippen LogP) is 3.93. The minimum atomic E-state index is 0.157. The molecule has 3 nitrogen and oxygen atoms in total. The van der Waals surface area contributed by atoms with Crippen molar-refractivity contribution in [3.63, 3.8) is 0 Å². The van der Waals surface area contributed by atoms with E-state index in [2.05, 4.69) is 19.1 Å². The Balaban J connectivity index is 2.11. The Morgan fingerprint density at radius 1 is 1.24 bits per heavy atom. The Hall–Kier alpha value is -1.22. The SMILES string of the molecule is CCC1CCCCC1Oc1ccc(CC(C)N)cc1OC. The molecule has 2 N–H and O–H groups in total. The lowest BCUT2D eigenvalue weighted by Crippen LogP contribution is -2.30. The first kappa shape index (κ1) is 16.2. The second kappa shape index (κ2) is 7.69. The molecule has 1 saturated carbocycles. The Bertz CT molecular complexity index is 445. The minimum absolute atomic E-state index is 0.157. The maximum Gasteiger partial charge on any atom is 0.161 e. The van der Waals surface area contributed by atoms with E-state index in [4.69, 9.17) is 15.2 Å². The molecule has 0 heterocycles. The van der Waals surface area contributed by atoms with Gasteiger partial charge in [-0.2, -0.15) is 0 Å². The van der Waals surface area contributed by atoms with Crippen LogP contribution in [-0.4, -0.2) is 19.3 Å². The third-order valence-corrected chi connectivity index (χ3v) is 4.43. The summed E-state index contributed by atoms with van der Waals surface area (Å²) < 4.78 is 11.8. The molecule has 21 heavy (non-hydrogen) atoms. The summed E-state index contributed by atoms with van der Waals surface area (Å²) in [5.41, 5.74) is 7.07. The average molecular weight is 291 g/mol. The van der Waals surface area contributed by atoms with Crippen molar-refractivity contribution in [2.75, 3.05) is 7.11 Å². The van der Waals surface area contributed by atoms with Crippen LogP contribution < -0.4 is 15.2 Å². The molecular formula is C18H29NO2. The normalized spacial score (nSPS) is 23.6. The van der Waals surface area contributed by atoms with Gasteiger partial charge in [0.15, 0.2) is 11.5 Å². The van der Waals surface area contributed by atoms with Crippen molar-refractivity contribution in [2.24, 2.45) is 11.7 Å². The van der Waals surface area contributed by atoms with E-state index < -0.39 is 0 Å². The van der Waals surface area contributed by atoms with Crippen molar-refractivity contribution >= 4 is 0 Å². The molecule has 1 aromatic carbocycles. The van der Waals surface area contributed by atoms with E-state index in [9.17, 15) is 0 Å². The zero-order chi connectivity index (χ0) is 15.2. The number of ether oxygens (including phenoxy) is 2. The van der Waals surface area contributed by atoms with E-state index in [1.54, 1.807) is 7.11 Å². The van der Waals surface area contributed by atoms with Gasteiger partial charge in [0.2, 0.25) is 0 Å². The molecule has 118 valence electrons. The van der Waals surface area contributed by atoms with Crippen LogP contribution in [0.4, 0.5) is 0 Å². The summed E-state index contributed by atoms with van der Waals surface area (Å²) in [6.45, 7) is 4.28. The fourth-order valence-corrected chi connectivity index (χ4v) is 3.27. The molecule has 0 radical (unpaired) electrons. The van der Waals surface area contributed by atoms with Crippen LogP contribution >= 0.6 is 0 Å². The first-order valence-corrected chi connectivity index (χ1v) is 8.23. The molecule has 0 aliphatic heterocycles. The van der Waals surface area contributed by atoms with Crippen molar-refractivity contribution in [3.8, 4) is 11.5 Å². The van der Waals surface area contributed by atoms with Gasteiger partial charge in [-0.1, -0.05) is 19.4 Å². The molecule has 1 fully saturated rings. The quantitative estimate of drug-likeness (QED) is 0.863. The van der Waals surface area contributed by atoms with Crippen LogP contribution in [0.3, 0.4) is 0 Å². The van der Waals surface area contributed by atoms with Crippen molar-refractivity contribution in [3.05, 3.63) is 23.8 Å². The second-order valence-electron chi connectivity index (χ2n) is 6.28. The fraction of sp³-hybridized carbons (Fsp3) is 0.667. The zero-order valence-electron chi connectivity index (χ0n) is 13.6. The third kappa shape index (κ3) is 4.37. The summed E-state index contributed by atoms with van der Waals surface area (Å²) in [4.78, 5) is 0. The van der Waals surface area contributed by atoms with Gasteiger partial charge in [-0.05, 0) is 62.6 Å². The molecule has 3 heteroatoms. The maximum atomic E-state index is 6.28. The van der Waals surface area contributed by atoms with Crippen LogP contribution in [0.2, 0.25) is 0 Å². The molecule has 0 spiro atoms. The highest BCUT2D eigenvalue weighted by molar-refractivity contribution is 5.43. The lowest BCUT2D eigenvalue weighted by molar-refractivity contribution is 0.0873. The lowest BCUT2D eigenvalue weighted by atomic mass is 9.85. The van der Waals surface area contributed by atoms with Crippen molar-refractivity contribution in [1.29, 1.82) is 0 Å². The first-order valence-electron chi connectivity index (χ1n) is 8.23. The summed E-state index contributed by atoms with van der Waals surface area (Å²) in [5, 5.41) is 0. The van der Waals surface area contributed by atoms with Crippen LogP contribution in [-0.2, 0) is 6.42 Å². The van der Waals surface area contributed by atoms with E-state index in [0.29, 0.717) is 12.0 Å². The van der Waals surface area contributed by atoms with E-state index >= 15 is 0 Å². The molecule has 1 aliphatic carbocycles. The summed E-state index contributed by atoms with van der Waals surface area (Å²) in [6, 6.07) is 6.36. The monoisotopic (exact) mass is 291 g/mol. The van der Waals surface area contributed by atoms with Crippen molar-refractivity contribution in [2.45, 2.75) is 64.5 Å². The topological polar surface area (TPSA) is 44.5 Å². The summed E-state index contributed by atoms with van der Waals surface area (Å²) in [7, 11) is 1.70. The summed E-state index contributed by atoms with van der Waals surface area (Å²) in [6.07, 6.45) is 7.43. The highest BCUT2D eigenvalue weighted by atomic mass is 16.5. The lowest BCUT2D eigenvalue weighted by Gasteiger charge is -2.31. The highest BCUT2D eigenvalue weighted by Gasteiger charge is 2.26. The Morgan fingerprint density at radius 3 is 2.67 bits per heavy atom. The van der Waals surface area contributed by atoms with Crippen molar-refractivity contribution in [1.82, 2.24) is 0 Å². The minimum Gasteiger partial charge on any atom is -0.493 e. The number of nitrogens with two attached hydrogens (primary N) is 1. The predicted molar refractivity (Wildman–Crippen MR) is 87.0 cm³/mol. The molecule has 0 aromatic heterocycles. The molecule has 1 aliphatic rings. The third-order valence-electron chi connectivity index (χ3n) is 4.43. The van der Waals surface area contributed by atoms with Gasteiger partial charge < -0.3 is 15.2 Å². The molecule has 3 unspecified atom stereocenters. The molecule has 0 bridgehead atoms. The average Bonchev–Trinajstić information content (AvgIpc) is 2.48. The number of hydrogen-bond acceptors (Lipinski definition) is 3. The fourth-order valence-electron chi connectivity index (χ4n) is 3.27. The van der Waals surface area contributed by atoms with E-state index in [1.165, 1.54) is 31.2 Å². The smallest absolute Gasteiger partial charge is 0.161 e. The van der Waals surface area contributed by atoms with Gasteiger partial charge in [-0.3, -0.25) is 0 Å². The van der Waals surface area contributed by atoms with Crippen LogP contribution in [0.15, 0.2) is 18.2 Å². The van der Waals surface area contributed by atoms with Crippen LogP contribution in [0, 0.1) is 5.92 Å². The van der Waals surface area contributed by atoms with Gasteiger partial charge in [0.1, 0.15) is 6.10 Å². The van der Waals surface area contributed by atoms with Gasteiger partial charge in [0.25, 0.3) is 0 Å². The van der Waals surface area contributed by atoms with Gasteiger partial charge in [0, 0.05) is 6.04 Å². The summed E-state index contributed by atoms with van der Waals surface area (Å²) >= 11 is 0. The number of methoxy groups -OCH3 is 1. The van der Waals surface area contributed by atoms with E-state index in [1.807, 2.05) is 13.0 Å². The van der Waals surface area contributed by atoms with E-state index in [-0.39, 0.29) is 6.04 Å². The zero-order valence-corrected chi connectivity index (χ0v) is 13.6. The molecule has 0 amide bonds. The van der Waals surface area contributed by atoms with Gasteiger partial charge in [-0.15, -0.1) is 0 Å². The van der Waals surface area contributed by atoms with Crippen molar-refractivity contribution < 1.29 is 9.47 Å². The first-order chi connectivity index (χ1) is 10.1. The van der Waals surface area contributed by atoms with Gasteiger partial charge in [0.05, 0.1) is 7.11 Å². The van der Waals surface area contributed by atoms with Crippen LogP contribution in [0.1, 0.15) is 51.5 Å². The standard InChI is InChI=1S/C18H29NO2/c1-4-15-7-5-6-8-16(15)21-17-10-9-14(11-13(2)19)12-18(17)20-3/h9-10,12-13,15-16H,4-8,11,19H2,1-3H3. The maximum absolute atomic E-state index is 6.28. The van der Waals surface area contributed by atoms with Gasteiger partial charge >= 0.3 is 0 Å². The Labute approximate surface area is 128 Å².